The summed E-state index contributed by atoms with van der Waals surface area (Å²) in [6.07, 6.45) is -4.15. The fourth-order valence-corrected chi connectivity index (χ4v) is 4.07. The number of aromatic nitrogens is 2. The van der Waals surface area contributed by atoms with Crippen molar-refractivity contribution in [2.75, 3.05) is 12.4 Å². The molecule has 0 saturated heterocycles. The second-order valence-electron chi connectivity index (χ2n) is 5.93. The lowest BCUT2D eigenvalue weighted by Gasteiger charge is -2.06. The first-order chi connectivity index (χ1) is 13.8. The summed E-state index contributed by atoms with van der Waals surface area (Å²) in [7, 11) is 1.57. The molecule has 3 rings (SSSR count). The van der Waals surface area contributed by atoms with Crippen LogP contribution in [0.1, 0.15) is 16.7 Å². The van der Waals surface area contributed by atoms with Crippen LogP contribution in [0, 0.1) is 0 Å². The van der Waals surface area contributed by atoms with Gasteiger partial charge in [-0.15, -0.1) is 10.2 Å². The Morgan fingerprint density at radius 3 is 2.34 bits per heavy atom. The highest BCUT2D eigenvalue weighted by Crippen LogP contribution is 2.31. The van der Waals surface area contributed by atoms with Crippen molar-refractivity contribution >= 4 is 34.1 Å². The van der Waals surface area contributed by atoms with E-state index in [9.17, 15) is 18.0 Å². The first kappa shape index (κ1) is 21.1. The number of ether oxygens (including phenoxy) is 1. The predicted molar refractivity (Wildman–Crippen MR) is 106 cm³/mol. The molecule has 0 spiro atoms. The summed E-state index contributed by atoms with van der Waals surface area (Å²) in [5.74, 6) is 0.950. The fraction of sp³-hybridized carbons (Fsp3) is 0.211. The zero-order valence-electron chi connectivity index (χ0n) is 15.2. The van der Waals surface area contributed by atoms with Crippen LogP contribution >= 0.6 is 23.1 Å². The van der Waals surface area contributed by atoms with Crippen molar-refractivity contribution in [3.05, 3.63) is 65.2 Å². The minimum absolute atomic E-state index is 0.192. The maximum Gasteiger partial charge on any atom is 0.416 e. The zero-order chi connectivity index (χ0) is 20.9. The van der Waals surface area contributed by atoms with Gasteiger partial charge in [-0.2, -0.15) is 13.2 Å². The first-order valence-electron chi connectivity index (χ1n) is 8.39. The maximum absolute atomic E-state index is 12.6. The number of rotatable bonds is 7. The highest BCUT2D eigenvalue weighted by Gasteiger charge is 2.29. The van der Waals surface area contributed by atoms with Crippen LogP contribution in [0.15, 0.2) is 52.9 Å². The largest absolute Gasteiger partial charge is 0.497 e. The summed E-state index contributed by atoms with van der Waals surface area (Å²) in [6.45, 7) is 0. The number of anilines is 1. The molecule has 0 aliphatic rings. The van der Waals surface area contributed by atoms with E-state index in [0.717, 1.165) is 23.3 Å². The molecule has 0 radical (unpaired) electrons. The summed E-state index contributed by atoms with van der Waals surface area (Å²) < 4.78 is 43.5. The Hall–Kier alpha value is -2.59. The van der Waals surface area contributed by atoms with Gasteiger partial charge in [0.25, 0.3) is 0 Å². The number of benzene rings is 2. The molecule has 1 N–H and O–H groups in total. The van der Waals surface area contributed by atoms with Gasteiger partial charge in [0.1, 0.15) is 5.75 Å². The number of methoxy groups -OCH3 is 1. The Balaban J connectivity index is 1.50. The van der Waals surface area contributed by atoms with Crippen molar-refractivity contribution in [2.24, 2.45) is 0 Å². The van der Waals surface area contributed by atoms with Crippen LogP contribution < -0.4 is 10.1 Å². The number of hydrogen-bond donors (Lipinski definition) is 1. The van der Waals surface area contributed by atoms with Gasteiger partial charge in [-0.1, -0.05) is 47.4 Å². The summed E-state index contributed by atoms with van der Waals surface area (Å²) in [4.78, 5) is 12.1. The number of hydrogen-bond acceptors (Lipinski definition) is 6. The normalized spacial score (nSPS) is 11.3. The Kier molecular flexibility index (Phi) is 6.75. The van der Waals surface area contributed by atoms with E-state index in [1.165, 1.54) is 35.2 Å². The van der Waals surface area contributed by atoms with Gasteiger partial charge in [0.15, 0.2) is 4.34 Å². The van der Waals surface area contributed by atoms with Gasteiger partial charge in [0.05, 0.1) is 19.1 Å². The van der Waals surface area contributed by atoms with E-state index in [2.05, 4.69) is 15.5 Å². The van der Waals surface area contributed by atoms with E-state index in [-0.39, 0.29) is 12.3 Å². The molecule has 29 heavy (non-hydrogen) atoms. The van der Waals surface area contributed by atoms with Gasteiger partial charge in [-0.25, -0.2) is 0 Å². The number of halogens is 3. The number of alkyl halides is 3. The maximum atomic E-state index is 12.6. The molecule has 0 aliphatic heterocycles. The molecule has 0 aliphatic carbocycles. The van der Waals surface area contributed by atoms with E-state index in [1.54, 1.807) is 19.2 Å². The molecule has 2 aromatic carbocycles. The number of nitrogens with zero attached hydrogens (tertiary/aromatic N) is 2. The Labute approximate surface area is 173 Å². The number of nitrogens with one attached hydrogen (secondary N) is 1. The Morgan fingerprint density at radius 1 is 1.07 bits per heavy atom. The van der Waals surface area contributed by atoms with Crippen LogP contribution in [-0.2, 0) is 23.1 Å². The highest BCUT2D eigenvalue weighted by atomic mass is 32.2. The second-order valence-corrected chi connectivity index (χ2v) is 8.13. The van der Waals surface area contributed by atoms with Gasteiger partial charge in [0, 0.05) is 5.75 Å². The Morgan fingerprint density at radius 2 is 1.72 bits per heavy atom. The van der Waals surface area contributed by atoms with Crippen molar-refractivity contribution in [3.63, 3.8) is 0 Å². The summed E-state index contributed by atoms with van der Waals surface area (Å²) >= 11 is 2.55. The average molecular weight is 439 g/mol. The average Bonchev–Trinajstić information content (AvgIpc) is 3.13. The van der Waals surface area contributed by atoms with E-state index in [1.807, 2.05) is 12.1 Å². The van der Waals surface area contributed by atoms with E-state index in [0.29, 0.717) is 21.0 Å². The molecular weight excluding hydrogens is 423 g/mol. The molecule has 1 aromatic heterocycles. The number of carbonyl (C=O) groups excluding carboxylic acids is 1. The molecule has 1 heterocycles. The SMILES string of the molecule is COc1ccc(CC(=O)Nc2nnc(SCc3ccc(C(F)(F)F)cc3)s2)cc1. The lowest BCUT2D eigenvalue weighted by atomic mass is 10.1. The van der Waals surface area contributed by atoms with Gasteiger partial charge in [0.2, 0.25) is 11.0 Å². The standard InChI is InChI=1S/C19H16F3N3O2S2/c1-27-15-8-4-12(5-9-15)10-16(26)23-17-24-25-18(29-17)28-11-13-2-6-14(7-3-13)19(20,21)22/h2-9H,10-11H2,1H3,(H,23,24,26). The Bertz CT molecular complexity index is 958. The minimum Gasteiger partial charge on any atom is -0.497 e. The van der Waals surface area contributed by atoms with Gasteiger partial charge >= 0.3 is 6.18 Å². The van der Waals surface area contributed by atoms with Gasteiger partial charge < -0.3 is 10.1 Å². The van der Waals surface area contributed by atoms with Crippen molar-refractivity contribution < 1.29 is 22.7 Å². The van der Waals surface area contributed by atoms with Crippen LogP contribution in [0.5, 0.6) is 5.75 Å². The number of carbonyl (C=O) groups is 1. The van der Waals surface area contributed by atoms with E-state index >= 15 is 0 Å². The molecule has 0 fully saturated rings. The number of amides is 1. The highest BCUT2D eigenvalue weighted by molar-refractivity contribution is 8.00. The lowest BCUT2D eigenvalue weighted by Crippen LogP contribution is -2.14. The van der Waals surface area contributed by atoms with Crippen LogP contribution in [0.25, 0.3) is 0 Å². The molecule has 5 nitrogen and oxygen atoms in total. The summed E-state index contributed by atoms with van der Waals surface area (Å²) in [6, 6.07) is 12.2. The third-order valence-electron chi connectivity index (χ3n) is 3.82. The summed E-state index contributed by atoms with van der Waals surface area (Å²) in [5.41, 5.74) is 0.900. The van der Waals surface area contributed by atoms with Crippen molar-refractivity contribution in [3.8, 4) is 5.75 Å². The lowest BCUT2D eigenvalue weighted by molar-refractivity contribution is -0.137. The first-order valence-corrected chi connectivity index (χ1v) is 10.2. The molecule has 152 valence electrons. The molecular formula is C19H16F3N3O2S2. The summed E-state index contributed by atoms with van der Waals surface area (Å²) in [5, 5.41) is 11.0. The monoisotopic (exact) mass is 439 g/mol. The second kappa shape index (κ2) is 9.27. The topological polar surface area (TPSA) is 64.1 Å². The predicted octanol–water partition coefficient (Wildman–Crippen LogP) is 5.04. The van der Waals surface area contributed by atoms with Crippen LogP contribution in [0.2, 0.25) is 0 Å². The van der Waals surface area contributed by atoms with Crippen molar-refractivity contribution in [1.29, 1.82) is 0 Å². The third-order valence-corrected chi connectivity index (χ3v) is 5.86. The van der Waals surface area contributed by atoms with Crippen LogP contribution in [-0.4, -0.2) is 23.2 Å². The fourth-order valence-electron chi connectivity index (χ4n) is 2.35. The van der Waals surface area contributed by atoms with Crippen molar-refractivity contribution in [2.45, 2.75) is 22.7 Å². The molecule has 1 amide bonds. The molecule has 0 atom stereocenters. The molecule has 0 saturated carbocycles. The molecule has 3 aromatic rings. The zero-order valence-corrected chi connectivity index (χ0v) is 16.8. The smallest absolute Gasteiger partial charge is 0.416 e. The number of thioether (sulfide) groups is 1. The van der Waals surface area contributed by atoms with Crippen LogP contribution in [0.3, 0.4) is 0 Å². The van der Waals surface area contributed by atoms with Crippen molar-refractivity contribution in [1.82, 2.24) is 10.2 Å². The van der Waals surface area contributed by atoms with E-state index in [4.69, 9.17) is 4.74 Å². The van der Waals surface area contributed by atoms with Gasteiger partial charge in [-0.3, -0.25) is 4.79 Å². The van der Waals surface area contributed by atoms with Crippen LogP contribution in [0.4, 0.5) is 18.3 Å². The molecule has 0 bridgehead atoms. The molecule has 10 heteroatoms. The van der Waals surface area contributed by atoms with E-state index < -0.39 is 11.7 Å². The quantitative estimate of drug-likeness (QED) is 0.413. The minimum atomic E-state index is -4.34. The molecule has 0 unspecified atom stereocenters. The van der Waals surface area contributed by atoms with Gasteiger partial charge in [-0.05, 0) is 35.4 Å². The third kappa shape index (κ3) is 6.20.